The van der Waals surface area contributed by atoms with Gasteiger partial charge < -0.3 is 4.74 Å². The van der Waals surface area contributed by atoms with E-state index in [0.29, 0.717) is 6.61 Å². The molecule has 1 aromatic carbocycles. The summed E-state index contributed by atoms with van der Waals surface area (Å²) in [6.45, 7) is 2.65. The molecule has 0 heterocycles. The van der Waals surface area contributed by atoms with E-state index in [9.17, 15) is 0 Å². The topological polar surface area (TPSA) is 9.23 Å². The second kappa shape index (κ2) is 5.08. The van der Waals surface area contributed by atoms with Crippen molar-refractivity contribution in [3.63, 3.8) is 0 Å². The third kappa shape index (κ3) is 2.80. The number of hydrogen-bond donors (Lipinski definition) is 1. The summed E-state index contributed by atoms with van der Waals surface area (Å²) >= 11 is 4.21. The van der Waals surface area contributed by atoms with E-state index in [2.05, 4.69) is 36.9 Å². The molecule has 0 aliphatic heterocycles. The number of para-hydroxylation sites is 1. The Morgan fingerprint density at radius 1 is 1.00 bits per heavy atom. The molecule has 0 saturated heterocycles. The molecule has 0 atom stereocenters. The normalized spacial score (nSPS) is 10.1. The Hall–Kier alpha value is -1.41. The van der Waals surface area contributed by atoms with Crippen molar-refractivity contribution in [1.29, 1.82) is 0 Å². The van der Waals surface area contributed by atoms with Crippen LogP contribution >= 0.6 is 12.6 Å². The molecule has 0 saturated carbocycles. The van der Waals surface area contributed by atoms with Crippen molar-refractivity contribution in [1.82, 2.24) is 0 Å². The molecule has 0 bridgehead atoms. The number of thiol groups is 1. The van der Waals surface area contributed by atoms with Crippen molar-refractivity contribution in [3.8, 4) is 16.9 Å². The van der Waals surface area contributed by atoms with Gasteiger partial charge in [0.15, 0.2) is 0 Å². The van der Waals surface area contributed by atoms with Gasteiger partial charge in [-0.05, 0) is 36.2 Å². The van der Waals surface area contributed by atoms with Gasteiger partial charge in [0.2, 0.25) is 0 Å². The van der Waals surface area contributed by atoms with E-state index in [4.69, 9.17) is 4.74 Å². The molecule has 2 heteroatoms. The summed E-state index contributed by atoms with van der Waals surface area (Å²) in [7, 11) is 0. The Morgan fingerprint density at radius 2 is 1.69 bits per heavy atom. The van der Waals surface area contributed by atoms with Gasteiger partial charge in [-0.2, -0.15) is 0 Å². The van der Waals surface area contributed by atoms with Crippen molar-refractivity contribution >= 4 is 12.6 Å². The molecule has 0 unspecified atom stereocenters. The lowest BCUT2D eigenvalue weighted by molar-refractivity contribution is 0.332. The molecular formula is C14H14OS. The molecule has 2 aliphatic carbocycles. The molecule has 1 nitrogen and oxygen atoms in total. The van der Waals surface area contributed by atoms with E-state index in [1.54, 1.807) is 0 Å². The van der Waals surface area contributed by atoms with E-state index < -0.39 is 0 Å². The highest BCUT2D eigenvalue weighted by molar-refractivity contribution is 7.80. The van der Waals surface area contributed by atoms with Crippen molar-refractivity contribution < 1.29 is 4.74 Å². The van der Waals surface area contributed by atoms with E-state index in [1.165, 1.54) is 11.1 Å². The fourth-order valence-corrected chi connectivity index (χ4v) is 1.64. The largest absolute Gasteiger partial charge is 0.493 e. The van der Waals surface area contributed by atoms with Crippen LogP contribution in [0.3, 0.4) is 0 Å². The van der Waals surface area contributed by atoms with Crippen molar-refractivity contribution in [2.75, 3.05) is 6.61 Å². The van der Waals surface area contributed by atoms with Crippen LogP contribution in [0.1, 0.15) is 6.92 Å². The zero-order valence-electron chi connectivity index (χ0n) is 9.18. The summed E-state index contributed by atoms with van der Waals surface area (Å²) in [5.74, 6) is 0.855. The molecule has 0 radical (unpaired) electrons. The Labute approximate surface area is 101 Å². The van der Waals surface area contributed by atoms with Crippen molar-refractivity contribution in [2.24, 2.45) is 0 Å². The first-order valence-electron chi connectivity index (χ1n) is 5.32. The fraction of sp³-hybridized carbons (Fsp3) is 0.143. The molecule has 0 spiro atoms. The lowest BCUT2D eigenvalue weighted by Gasteiger charge is -2.03. The van der Waals surface area contributed by atoms with Crippen LogP contribution in [0.5, 0.6) is 5.75 Å². The van der Waals surface area contributed by atoms with Crippen molar-refractivity contribution in [3.05, 3.63) is 48.5 Å². The van der Waals surface area contributed by atoms with Crippen LogP contribution in [-0.2, 0) is 0 Å². The average molecular weight is 230 g/mol. The number of benzene rings is 2. The molecule has 0 amide bonds. The molecular weight excluding hydrogens is 216 g/mol. The lowest BCUT2D eigenvalue weighted by Crippen LogP contribution is -1.91. The first kappa shape index (κ1) is 11.1. The lowest BCUT2D eigenvalue weighted by atomic mass is 10.3. The predicted molar refractivity (Wildman–Crippen MR) is 70.3 cm³/mol. The van der Waals surface area contributed by atoms with Crippen molar-refractivity contribution in [2.45, 2.75) is 11.8 Å². The van der Waals surface area contributed by atoms with Gasteiger partial charge in [0, 0.05) is 4.90 Å². The molecule has 3 rings (SSSR count). The van der Waals surface area contributed by atoms with E-state index >= 15 is 0 Å². The Morgan fingerprint density at radius 3 is 2.12 bits per heavy atom. The summed E-state index contributed by atoms with van der Waals surface area (Å²) < 4.78 is 5.26. The third-order valence-corrected chi connectivity index (χ3v) is 2.65. The minimum Gasteiger partial charge on any atom is -0.493 e. The number of fused-ring (bicyclic) bond motifs is 1. The van der Waals surface area contributed by atoms with E-state index in [0.717, 1.165) is 10.6 Å². The zero-order chi connectivity index (χ0) is 11.4. The van der Waals surface area contributed by atoms with Gasteiger partial charge in [-0.1, -0.05) is 30.3 Å². The van der Waals surface area contributed by atoms with Crippen LogP contribution in [0.2, 0.25) is 0 Å². The highest BCUT2D eigenvalue weighted by atomic mass is 32.1. The van der Waals surface area contributed by atoms with E-state index in [-0.39, 0.29) is 0 Å². The fourth-order valence-electron chi connectivity index (χ4n) is 1.41. The van der Waals surface area contributed by atoms with Crippen LogP contribution in [-0.4, -0.2) is 6.61 Å². The van der Waals surface area contributed by atoms with Crippen LogP contribution in [0, 0.1) is 0 Å². The second-order valence-electron chi connectivity index (χ2n) is 3.48. The Bertz CT molecular complexity index is 462. The molecule has 82 valence electrons. The maximum atomic E-state index is 5.26. The first-order chi connectivity index (χ1) is 7.81. The van der Waals surface area contributed by atoms with Gasteiger partial charge in [0.05, 0.1) is 6.61 Å². The monoisotopic (exact) mass is 230 g/mol. The second-order valence-corrected chi connectivity index (χ2v) is 3.96. The molecule has 1 aromatic rings. The van der Waals surface area contributed by atoms with Crippen LogP contribution < -0.4 is 4.74 Å². The summed E-state index contributed by atoms with van der Waals surface area (Å²) in [5, 5.41) is 0. The van der Waals surface area contributed by atoms with Gasteiger partial charge in [-0.15, -0.1) is 12.6 Å². The smallest absolute Gasteiger partial charge is 0.132 e. The van der Waals surface area contributed by atoms with E-state index in [1.807, 2.05) is 31.2 Å². The molecule has 0 fully saturated rings. The van der Waals surface area contributed by atoms with Gasteiger partial charge in [-0.25, -0.2) is 0 Å². The summed E-state index contributed by atoms with van der Waals surface area (Å²) in [4.78, 5) is 0.893. The van der Waals surface area contributed by atoms with Gasteiger partial charge in [0.1, 0.15) is 5.75 Å². The minimum atomic E-state index is 0.692. The average Bonchev–Trinajstić information content (AvgIpc) is 2.90. The Kier molecular flexibility index (Phi) is 3.52. The quantitative estimate of drug-likeness (QED) is 0.654. The maximum Gasteiger partial charge on any atom is 0.132 e. The number of rotatable bonds is 2. The first-order valence-corrected chi connectivity index (χ1v) is 5.77. The highest BCUT2D eigenvalue weighted by Gasteiger charge is 2.06. The summed E-state index contributed by atoms with van der Waals surface area (Å²) in [6, 6.07) is 16.2. The SMILES string of the molecule is CCOc1ccccc1S.c1cc2cc-2c1. The van der Waals surface area contributed by atoms with Crippen LogP contribution in [0.25, 0.3) is 11.1 Å². The van der Waals surface area contributed by atoms with Gasteiger partial charge in [0.25, 0.3) is 0 Å². The summed E-state index contributed by atoms with van der Waals surface area (Å²) in [6.07, 6.45) is 0. The van der Waals surface area contributed by atoms with Crippen LogP contribution in [0.4, 0.5) is 0 Å². The molecule has 2 aliphatic rings. The molecule has 0 N–H and O–H groups in total. The van der Waals surface area contributed by atoms with Gasteiger partial charge >= 0.3 is 0 Å². The predicted octanol–water partition coefficient (Wildman–Crippen LogP) is 4.04. The molecule has 0 aromatic heterocycles. The maximum absolute atomic E-state index is 5.26. The van der Waals surface area contributed by atoms with Gasteiger partial charge in [-0.3, -0.25) is 0 Å². The number of hydrogen-bond acceptors (Lipinski definition) is 2. The standard InChI is InChI=1S/C8H10OS.C6H4/c1-2-9-7-5-3-4-6-8(7)10;1-2-5-4-6(5)3-1/h3-6,10H,2H2,1H3;1-4H. The van der Waals surface area contributed by atoms with Crippen LogP contribution in [0.15, 0.2) is 53.4 Å². The molecule has 16 heavy (non-hydrogen) atoms. The summed E-state index contributed by atoms with van der Waals surface area (Å²) in [5.41, 5.74) is 2.85. The highest BCUT2D eigenvalue weighted by Crippen LogP contribution is 2.32. The Balaban J connectivity index is 0.000000134. The number of ether oxygens (including phenoxy) is 1. The minimum absolute atomic E-state index is 0.692. The third-order valence-electron chi connectivity index (χ3n) is 2.28. The zero-order valence-corrected chi connectivity index (χ0v) is 10.1.